The van der Waals surface area contributed by atoms with Gasteiger partial charge in [0.25, 0.3) is 0 Å². The Balaban J connectivity index is 4.21. The molecule has 20 heteroatoms. The highest BCUT2D eigenvalue weighted by molar-refractivity contribution is 5.74. The van der Waals surface area contributed by atoms with Crippen molar-refractivity contribution in [2.75, 3.05) is 13.7 Å². The number of rotatable bonds is 16. The number of hydrogen-bond acceptors (Lipinski definition) is 19. The van der Waals surface area contributed by atoms with Gasteiger partial charge in [0.2, 0.25) is 5.91 Å². The molecule has 0 aliphatic carbocycles. The van der Waals surface area contributed by atoms with E-state index in [-0.39, 0.29) is 0 Å². The predicted octanol–water partition coefficient (Wildman–Crippen LogP) is -1.05. The van der Waals surface area contributed by atoms with Crippen LogP contribution in [-0.2, 0) is 90.5 Å². The maximum atomic E-state index is 12.7. The Morgan fingerprint density at radius 2 is 1.02 bits per heavy atom. The minimum Gasteiger partial charge on any atom is -0.462 e. The van der Waals surface area contributed by atoms with Crippen LogP contribution in [0.4, 0.5) is 0 Å². The summed E-state index contributed by atoms with van der Waals surface area (Å²) in [6.45, 7) is 7.98. The van der Waals surface area contributed by atoms with Crippen LogP contribution in [0.25, 0.3) is 0 Å². The molecule has 1 heterocycles. The van der Waals surface area contributed by atoms with E-state index in [4.69, 9.17) is 47.4 Å². The number of hydrogen-bond donors (Lipinski definition) is 1. The fourth-order valence-electron chi connectivity index (χ4n) is 5.07. The zero-order chi connectivity index (χ0) is 38.5. The Bertz CT molecular complexity index is 1280. The van der Waals surface area contributed by atoms with E-state index in [1.54, 1.807) is 0 Å². The molecule has 0 aromatic carbocycles. The van der Waals surface area contributed by atoms with Gasteiger partial charge in [-0.1, -0.05) is 0 Å². The van der Waals surface area contributed by atoms with Gasteiger partial charge in [-0.05, 0) is 0 Å². The lowest BCUT2D eigenvalue weighted by Gasteiger charge is -2.48. The summed E-state index contributed by atoms with van der Waals surface area (Å²) in [4.78, 5) is 111. The first-order chi connectivity index (χ1) is 23.2. The first-order valence-electron chi connectivity index (χ1n) is 15.0. The third-order valence-electron chi connectivity index (χ3n) is 6.44. The lowest BCUT2D eigenvalue weighted by molar-refractivity contribution is -0.298. The van der Waals surface area contributed by atoms with Gasteiger partial charge < -0.3 is 52.7 Å². The van der Waals surface area contributed by atoms with E-state index in [9.17, 15) is 43.2 Å². The normalized spacial score (nSPS) is 22.8. The number of ether oxygens (including phenoxy) is 10. The highest BCUT2D eigenvalue weighted by Crippen LogP contribution is 2.34. The Morgan fingerprint density at radius 1 is 0.560 bits per heavy atom. The monoisotopic (exact) mass is 721 g/mol. The number of carbonyl (C=O) groups is 9. The van der Waals surface area contributed by atoms with Gasteiger partial charge in [-0.15, -0.1) is 0 Å². The van der Waals surface area contributed by atoms with Crippen LogP contribution in [0.5, 0.6) is 0 Å². The van der Waals surface area contributed by atoms with Crippen molar-refractivity contribution in [1.29, 1.82) is 0 Å². The average Bonchev–Trinajstić information content (AvgIpc) is 2.95. The van der Waals surface area contributed by atoms with Gasteiger partial charge in [0, 0.05) is 69.4 Å². The predicted molar refractivity (Wildman–Crippen MR) is 159 cm³/mol. The van der Waals surface area contributed by atoms with Gasteiger partial charge in [-0.2, -0.15) is 0 Å². The van der Waals surface area contributed by atoms with Crippen molar-refractivity contribution in [2.24, 2.45) is 0 Å². The van der Waals surface area contributed by atoms with Crippen LogP contribution in [0.15, 0.2) is 0 Å². The van der Waals surface area contributed by atoms with Crippen LogP contribution >= 0.6 is 0 Å². The summed E-state index contributed by atoms with van der Waals surface area (Å²) in [5.41, 5.74) is 0. The van der Waals surface area contributed by atoms with E-state index in [1.807, 2.05) is 0 Å². The molecule has 282 valence electrons. The molecule has 10 atom stereocenters. The molecule has 1 aliphatic heterocycles. The molecule has 1 amide bonds. The molecule has 0 aromatic rings. The molecule has 0 bridgehead atoms. The maximum absolute atomic E-state index is 12.7. The number of esters is 8. The first-order valence-corrected chi connectivity index (χ1v) is 15.0. The first kappa shape index (κ1) is 43.2. The van der Waals surface area contributed by atoms with Crippen LogP contribution in [0.2, 0.25) is 0 Å². The van der Waals surface area contributed by atoms with Crippen LogP contribution < -0.4 is 5.32 Å². The summed E-state index contributed by atoms with van der Waals surface area (Å²) >= 11 is 0. The second-order valence-electron chi connectivity index (χ2n) is 10.8. The summed E-state index contributed by atoms with van der Waals surface area (Å²) in [7, 11) is 1.11. The highest BCUT2D eigenvalue weighted by atomic mass is 16.7. The molecule has 1 aliphatic rings. The van der Waals surface area contributed by atoms with Crippen LogP contribution in [0.3, 0.4) is 0 Å². The van der Waals surface area contributed by atoms with Crippen LogP contribution in [-0.4, -0.2) is 129 Å². The second kappa shape index (κ2) is 20.0. The zero-order valence-electron chi connectivity index (χ0n) is 29.2. The smallest absolute Gasteiger partial charge is 0.303 e. The zero-order valence-corrected chi connectivity index (χ0v) is 29.2. The second-order valence-corrected chi connectivity index (χ2v) is 10.8. The molecule has 1 fully saturated rings. The Kier molecular flexibility index (Phi) is 17.2. The molecule has 50 heavy (non-hydrogen) atoms. The topological polar surface area (TPSA) is 258 Å². The average molecular weight is 722 g/mol. The van der Waals surface area contributed by atoms with Crippen molar-refractivity contribution in [1.82, 2.24) is 5.32 Å². The van der Waals surface area contributed by atoms with E-state index in [0.717, 1.165) is 69.4 Å². The molecule has 1 rings (SSSR count). The Labute approximate surface area is 286 Å². The third kappa shape index (κ3) is 13.9. The molecule has 0 spiro atoms. The van der Waals surface area contributed by atoms with Crippen molar-refractivity contribution < 1.29 is 90.5 Å². The van der Waals surface area contributed by atoms with Gasteiger partial charge in [0.1, 0.15) is 12.7 Å². The van der Waals surface area contributed by atoms with E-state index in [0.29, 0.717) is 0 Å². The quantitative estimate of drug-likeness (QED) is 0.147. The summed E-state index contributed by atoms with van der Waals surface area (Å²) in [6, 6.07) is -1.61. The lowest BCUT2D eigenvalue weighted by Crippen LogP contribution is -2.71. The number of nitrogens with one attached hydrogen (secondary N) is 1. The minimum atomic E-state index is -2.08. The fraction of sp³-hybridized carbons (Fsp3) is 0.700. The van der Waals surface area contributed by atoms with E-state index in [2.05, 4.69) is 5.32 Å². The summed E-state index contributed by atoms with van der Waals surface area (Å²) in [5, 5.41) is 2.48. The maximum Gasteiger partial charge on any atom is 0.303 e. The van der Waals surface area contributed by atoms with E-state index < -0.39 is 121 Å². The summed E-state index contributed by atoms with van der Waals surface area (Å²) < 4.78 is 54.5. The lowest BCUT2D eigenvalue weighted by atomic mass is 9.86. The number of amides is 1. The molecule has 1 N–H and O–H groups in total. The molecular formula is C30H43NO19. The molecular weight excluding hydrogens is 678 g/mol. The highest BCUT2D eigenvalue weighted by Gasteiger charge is 2.58. The Morgan fingerprint density at radius 3 is 1.44 bits per heavy atom. The third-order valence-corrected chi connectivity index (χ3v) is 6.44. The molecule has 1 saturated heterocycles. The van der Waals surface area contributed by atoms with Gasteiger partial charge in [-0.3, -0.25) is 43.2 Å². The molecule has 20 nitrogen and oxygen atoms in total. The largest absolute Gasteiger partial charge is 0.462 e. The molecule has 0 unspecified atom stereocenters. The van der Waals surface area contributed by atoms with Gasteiger partial charge in [0.05, 0.1) is 6.04 Å². The van der Waals surface area contributed by atoms with E-state index in [1.165, 1.54) is 0 Å². The SMILES string of the molecule is CO[C@@H]1O[C@H]([C@H](OC(C)=O)[C@@H](OC(C)=O)[C@@H](OC(C)=O)[C@H](OC(C)=O)[C@@H](COC(C)=O)OC(C)=O)[C@@H](NC(C)=O)[C@H](OC(C)=O)[C@H]1OC(C)=O. The van der Waals surface area contributed by atoms with Crippen LogP contribution in [0, 0.1) is 0 Å². The van der Waals surface area contributed by atoms with Crippen molar-refractivity contribution >= 4 is 53.7 Å². The van der Waals surface area contributed by atoms with Gasteiger partial charge in [0.15, 0.2) is 49.0 Å². The summed E-state index contributed by atoms with van der Waals surface area (Å²) in [5.74, 6) is -8.73. The standard InChI is InChI=1S/C30H43NO19/c1-12(32)31-22-24(50-30(41-10)29(49-20(9)40)25(22)45-16(5)36)27(47-18(7)38)28(48-19(8)39)26(46-17(6)37)23(44-15(4)35)21(43-14(3)34)11-42-13(2)33/h21-30H,11H2,1-10H3,(H,31,32)/t21-,22-,23-,24+,25+,26+,27+,28+,29-,30-/m1/s1. The van der Waals surface area contributed by atoms with Gasteiger partial charge >= 0.3 is 47.8 Å². The van der Waals surface area contributed by atoms with Crippen molar-refractivity contribution in [3.63, 3.8) is 0 Å². The van der Waals surface area contributed by atoms with Crippen molar-refractivity contribution in [2.45, 2.75) is 123 Å². The molecule has 0 radical (unpaired) electrons. The van der Waals surface area contributed by atoms with E-state index >= 15 is 0 Å². The number of methoxy groups -OCH3 is 1. The van der Waals surface area contributed by atoms with Crippen molar-refractivity contribution in [3.05, 3.63) is 0 Å². The van der Waals surface area contributed by atoms with Gasteiger partial charge in [-0.25, -0.2) is 0 Å². The Hall–Kier alpha value is -4.85. The van der Waals surface area contributed by atoms with Crippen LogP contribution in [0.1, 0.15) is 62.3 Å². The fourth-order valence-corrected chi connectivity index (χ4v) is 5.07. The summed E-state index contributed by atoms with van der Waals surface area (Å²) in [6.07, 6.45) is -16.4. The molecule has 0 aromatic heterocycles. The number of carbonyl (C=O) groups excluding carboxylic acids is 9. The van der Waals surface area contributed by atoms with Crippen molar-refractivity contribution in [3.8, 4) is 0 Å². The minimum absolute atomic E-state index is 0.769. The molecule has 0 saturated carbocycles.